The lowest BCUT2D eigenvalue weighted by atomic mass is 9.94. The number of rotatable bonds is 3. The second-order valence-electron chi connectivity index (χ2n) is 7.07. The van der Waals surface area contributed by atoms with Crippen LogP contribution in [0.5, 0.6) is 0 Å². The van der Waals surface area contributed by atoms with Crippen molar-refractivity contribution in [3.05, 3.63) is 53.5 Å². The first-order valence-electron chi connectivity index (χ1n) is 9.33. The lowest BCUT2D eigenvalue weighted by molar-refractivity contribution is -0.138. The van der Waals surface area contributed by atoms with E-state index in [2.05, 4.69) is 21.1 Å². The quantitative estimate of drug-likeness (QED) is 0.796. The van der Waals surface area contributed by atoms with Crippen molar-refractivity contribution in [3.63, 3.8) is 0 Å². The molecule has 0 spiro atoms. The molecule has 0 saturated carbocycles. The van der Waals surface area contributed by atoms with Crippen LogP contribution in [-0.2, 0) is 4.79 Å². The highest BCUT2D eigenvalue weighted by Gasteiger charge is 2.35. The Balaban J connectivity index is 1.45. The third-order valence-corrected chi connectivity index (χ3v) is 5.28. The van der Waals surface area contributed by atoms with Crippen LogP contribution in [0.3, 0.4) is 0 Å². The fraction of sp³-hybridized carbons (Fsp3) is 0.350. The van der Waals surface area contributed by atoms with Crippen LogP contribution in [0.1, 0.15) is 36.4 Å². The molecule has 9 heteroatoms. The Bertz CT molecular complexity index is 976. The zero-order valence-electron chi connectivity index (χ0n) is 15.5. The van der Waals surface area contributed by atoms with Gasteiger partial charge in [0, 0.05) is 37.7 Å². The van der Waals surface area contributed by atoms with Gasteiger partial charge in [-0.25, -0.2) is 23.8 Å². The van der Waals surface area contributed by atoms with Crippen molar-refractivity contribution in [3.8, 4) is 6.07 Å². The van der Waals surface area contributed by atoms with Gasteiger partial charge in [0.2, 0.25) is 5.91 Å². The molecule has 3 heterocycles. The normalized spacial score (nSPS) is 19.4. The molecule has 1 saturated heterocycles. The molecule has 0 N–H and O–H groups in total. The number of carbonyl (C=O) groups excluding carboxylic acids is 1. The average Bonchev–Trinajstić information content (AvgIpc) is 3.22. The zero-order chi connectivity index (χ0) is 20.4. The molecular weight excluding hydrogens is 378 g/mol. The summed E-state index contributed by atoms with van der Waals surface area (Å²) in [6, 6.07) is 4.87. The Kier molecular flexibility index (Phi) is 5.16. The Morgan fingerprint density at radius 1 is 1.17 bits per heavy atom. The minimum Gasteiger partial charge on any atom is -0.355 e. The molecule has 0 aliphatic carbocycles. The predicted molar refractivity (Wildman–Crippen MR) is 101 cm³/mol. The summed E-state index contributed by atoms with van der Waals surface area (Å²) in [4.78, 5) is 23.1. The first-order valence-corrected chi connectivity index (χ1v) is 9.33. The molecule has 1 aromatic carbocycles. The third-order valence-electron chi connectivity index (χ3n) is 5.28. The van der Waals surface area contributed by atoms with Crippen LogP contribution in [0.25, 0.3) is 0 Å². The van der Waals surface area contributed by atoms with Gasteiger partial charge in [-0.3, -0.25) is 4.79 Å². The van der Waals surface area contributed by atoms with Gasteiger partial charge in [-0.2, -0.15) is 10.4 Å². The minimum absolute atomic E-state index is 0.156. The van der Waals surface area contributed by atoms with Gasteiger partial charge in [0.25, 0.3) is 0 Å². The van der Waals surface area contributed by atoms with E-state index in [0.717, 1.165) is 6.07 Å². The van der Waals surface area contributed by atoms with Crippen LogP contribution in [0, 0.1) is 28.9 Å². The number of amides is 1. The molecule has 1 aromatic heterocycles. The van der Waals surface area contributed by atoms with Crippen molar-refractivity contribution < 1.29 is 13.6 Å². The Labute approximate surface area is 166 Å². The fourth-order valence-corrected chi connectivity index (χ4v) is 3.85. The molecule has 1 amide bonds. The molecule has 0 bridgehead atoms. The number of nitriles is 1. The van der Waals surface area contributed by atoms with Gasteiger partial charge >= 0.3 is 0 Å². The Morgan fingerprint density at radius 2 is 1.90 bits per heavy atom. The zero-order valence-corrected chi connectivity index (χ0v) is 15.5. The van der Waals surface area contributed by atoms with Crippen molar-refractivity contribution in [2.75, 3.05) is 18.0 Å². The molecule has 2 aliphatic heterocycles. The summed E-state index contributed by atoms with van der Waals surface area (Å²) in [6.07, 6.45) is 6.03. The summed E-state index contributed by atoms with van der Waals surface area (Å²) in [7, 11) is 0. The van der Waals surface area contributed by atoms with Crippen molar-refractivity contribution in [1.82, 2.24) is 15.0 Å². The monoisotopic (exact) mass is 396 g/mol. The van der Waals surface area contributed by atoms with Crippen LogP contribution in [0.15, 0.2) is 35.8 Å². The van der Waals surface area contributed by atoms with E-state index in [1.165, 1.54) is 29.7 Å². The van der Waals surface area contributed by atoms with Crippen LogP contribution in [0.2, 0.25) is 0 Å². The van der Waals surface area contributed by atoms with E-state index in [4.69, 9.17) is 0 Å². The summed E-state index contributed by atoms with van der Waals surface area (Å²) < 4.78 is 27.2. The number of aromatic nitrogens is 2. The number of nitrogens with zero attached hydrogens (tertiary/aromatic N) is 6. The highest BCUT2D eigenvalue weighted by molar-refractivity contribution is 5.82. The molecule has 2 aromatic rings. The third kappa shape index (κ3) is 3.78. The summed E-state index contributed by atoms with van der Waals surface area (Å²) in [5.74, 6) is -1.19. The predicted octanol–water partition coefficient (Wildman–Crippen LogP) is 2.80. The number of halogens is 2. The van der Waals surface area contributed by atoms with Gasteiger partial charge in [0.1, 0.15) is 35.4 Å². The van der Waals surface area contributed by atoms with Crippen molar-refractivity contribution in [1.29, 1.82) is 5.26 Å². The lowest BCUT2D eigenvalue weighted by Gasteiger charge is -2.34. The Hall–Kier alpha value is -3.41. The SMILES string of the molecule is N#Cc1cncnc1N1CCC(C(=O)N2N=CC[C@H]2c2cc(F)cc(F)c2)CC1. The molecular formula is C20H18F2N6O. The number of piperidine rings is 1. The number of anilines is 1. The van der Waals surface area contributed by atoms with Crippen LogP contribution >= 0.6 is 0 Å². The van der Waals surface area contributed by atoms with E-state index >= 15 is 0 Å². The molecule has 1 atom stereocenters. The van der Waals surface area contributed by atoms with Crippen LogP contribution in [0.4, 0.5) is 14.6 Å². The average molecular weight is 396 g/mol. The maximum atomic E-state index is 13.6. The van der Waals surface area contributed by atoms with Gasteiger partial charge in [-0.15, -0.1) is 0 Å². The number of carbonyl (C=O) groups is 1. The molecule has 0 unspecified atom stereocenters. The summed E-state index contributed by atoms with van der Waals surface area (Å²) in [6.45, 7) is 1.14. The van der Waals surface area contributed by atoms with E-state index < -0.39 is 17.7 Å². The maximum absolute atomic E-state index is 13.6. The second kappa shape index (κ2) is 7.91. The molecule has 29 heavy (non-hydrogen) atoms. The molecule has 148 valence electrons. The molecule has 1 fully saturated rings. The highest BCUT2D eigenvalue weighted by atomic mass is 19.1. The first kappa shape index (κ1) is 18.9. The number of benzene rings is 1. The van der Waals surface area contributed by atoms with E-state index in [9.17, 15) is 18.8 Å². The van der Waals surface area contributed by atoms with Gasteiger partial charge in [0.15, 0.2) is 0 Å². The number of hydrazone groups is 1. The van der Waals surface area contributed by atoms with E-state index in [1.54, 1.807) is 6.21 Å². The molecule has 2 aliphatic rings. The van der Waals surface area contributed by atoms with Crippen molar-refractivity contribution >= 4 is 17.9 Å². The molecule has 4 rings (SSSR count). The lowest BCUT2D eigenvalue weighted by Crippen LogP contribution is -2.41. The highest BCUT2D eigenvalue weighted by Crippen LogP contribution is 2.33. The first-order chi connectivity index (χ1) is 14.1. The van der Waals surface area contributed by atoms with E-state index in [1.807, 2.05) is 4.90 Å². The minimum atomic E-state index is -0.675. The fourth-order valence-electron chi connectivity index (χ4n) is 3.85. The summed E-state index contributed by atoms with van der Waals surface area (Å²) in [5.41, 5.74) is 0.792. The number of hydrogen-bond donors (Lipinski definition) is 0. The van der Waals surface area contributed by atoms with Gasteiger partial charge in [-0.1, -0.05) is 0 Å². The van der Waals surface area contributed by atoms with Crippen molar-refractivity contribution in [2.45, 2.75) is 25.3 Å². The largest absolute Gasteiger partial charge is 0.355 e. The smallest absolute Gasteiger partial charge is 0.246 e. The maximum Gasteiger partial charge on any atom is 0.246 e. The van der Waals surface area contributed by atoms with Gasteiger partial charge in [0.05, 0.1) is 12.2 Å². The van der Waals surface area contributed by atoms with Crippen LogP contribution < -0.4 is 4.90 Å². The molecule has 0 radical (unpaired) electrons. The standard InChI is InChI=1S/C20H18F2N6O/c21-16-7-14(8-17(22)9-16)18-1-4-26-28(18)20(29)13-2-5-27(6-3-13)19-15(10-23)11-24-12-25-19/h4,7-9,11-13,18H,1-3,5-6H2/t18-/m0/s1. The second-order valence-corrected chi connectivity index (χ2v) is 7.07. The summed E-state index contributed by atoms with van der Waals surface area (Å²) in [5, 5.41) is 14.7. The number of hydrogen-bond acceptors (Lipinski definition) is 6. The summed E-state index contributed by atoms with van der Waals surface area (Å²) >= 11 is 0. The topological polar surface area (TPSA) is 85.5 Å². The van der Waals surface area contributed by atoms with Crippen LogP contribution in [-0.4, -0.2) is 40.2 Å². The van der Waals surface area contributed by atoms with Gasteiger partial charge in [-0.05, 0) is 30.5 Å². The van der Waals surface area contributed by atoms with Crippen molar-refractivity contribution in [2.24, 2.45) is 11.0 Å². The molecule has 7 nitrogen and oxygen atoms in total. The van der Waals surface area contributed by atoms with E-state index in [-0.39, 0.29) is 11.8 Å². The Morgan fingerprint density at radius 3 is 2.59 bits per heavy atom. The van der Waals surface area contributed by atoms with Gasteiger partial charge < -0.3 is 4.90 Å². The van der Waals surface area contributed by atoms with E-state index in [0.29, 0.717) is 49.3 Å².